The van der Waals surface area contributed by atoms with E-state index in [0.29, 0.717) is 18.0 Å². The van der Waals surface area contributed by atoms with Gasteiger partial charge in [0.2, 0.25) is 5.91 Å². The Morgan fingerprint density at radius 3 is 2.24 bits per heavy atom. The van der Waals surface area contributed by atoms with E-state index in [0.717, 1.165) is 44.4 Å². The fourth-order valence-electron chi connectivity index (χ4n) is 4.91. The number of carbonyl (C=O) groups excluding carboxylic acids is 1. The number of rotatable bonds is 4. The van der Waals surface area contributed by atoms with Crippen molar-refractivity contribution in [3.63, 3.8) is 0 Å². The van der Waals surface area contributed by atoms with E-state index in [2.05, 4.69) is 11.8 Å². The number of piperidine rings is 1. The summed E-state index contributed by atoms with van der Waals surface area (Å²) in [5.74, 6) is 1.57. The van der Waals surface area contributed by atoms with Crippen LogP contribution in [-0.4, -0.2) is 34.1 Å². The number of aliphatic hydroxyl groups is 1. The van der Waals surface area contributed by atoms with Crippen LogP contribution in [0.2, 0.25) is 0 Å². The predicted molar refractivity (Wildman–Crippen MR) is 83.9 cm³/mol. The van der Waals surface area contributed by atoms with Crippen molar-refractivity contribution in [2.45, 2.75) is 95.7 Å². The zero-order chi connectivity index (χ0) is 14.8. The average molecular weight is 293 g/mol. The molecular weight excluding hydrogens is 262 g/mol. The highest BCUT2D eigenvalue weighted by Gasteiger charge is 2.44. The van der Waals surface area contributed by atoms with Crippen LogP contribution in [0.3, 0.4) is 0 Å². The van der Waals surface area contributed by atoms with Crippen molar-refractivity contribution in [1.82, 2.24) is 4.90 Å². The lowest BCUT2D eigenvalue weighted by atomic mass is 9.79. The molecule has 0 spiro atoms. The number of unbranched alkanes of at least 4 members (excludes halogenated alkanes) is 1. The molecule has 0 aromatic carbocycles. The van der Waals surface area contributed by atoms with Gasteiger partial charge in [-0.25, -0.2) is 0 Å². The molecule has 2 saturated heterocycles. The minimum absolute atomic E-state index is 0.170. The third-order valence-electron chi connectivity index (χ3n) is 6.12. The Bertz CT molecular complexity index is 348. The van der Waals surface area contributed by atoms with E-state index in [4.69, 9.17) is 0 Å². The quantitative estimate of drug-likeness (QED) is 0.862. The minimum Gasteiger partial charge on any atom is -0.393 e. The molecule has 2 unspecified atom stereocenters. The zero-order valence-corrected chi connectivity index (χ0v) is 13.5. The summed E-state index contributed by atoms with van der Waals surface area (Å²) in [6.07, 6.45) is 12.4. The molecule has 120 valence electrons. The molecular formula is C18H31NO2. The number of nitrogens with zero attached hydrogens (tertiary/aromatic N) is 1. The van der Waals surface area contributed by atoms with Gasteiger partial charge in [0.15, 0.2) is 0 Å². The van der Waals surface area contributed by atoms with Crippen LogP contribution in [0.5, 0.6) is 0 Å². The molecule has 21 heavy (non-hydrogen) atoms. The van der Waals surface area contributed by atoms with Crippen LogP contribution in [0.25, 0.3) is 0 Å². The number of aliphatic hydroxyl groups excluding tert-OH is 1. The number of hydrogen-bond donors (Lipinski definition) is 1. The van der Waals surface area contributed by atoms with Gasteiger partial charge in [-0.2, -0.15) is 0 Å². The normalized spacial score (nSPS) is 39.5. The van der Waals surface area contributed by atoms with Crippen molar-refractivity contribution in [3.8, 4) is 0 Å². The molecule has 3 aliphatic rings. The Morgan fingerprint density at radius 1 is 1.05 bits per heavy atom. The second-order valence-corrected chi connectivity index (χ2v) is 7.62. The summed E-state index contributed by atoms with van der Waals surface area (Å²) in [6, 6.07) is 0.674. The van der Waals surface area contributed by atoms with Crippen molar-refractivity contribution in [2.24, 2.45) is 11.8 Å². The van der Waals surface area contributed by atoms with Gasteiger partial charge in [-0.15, -0.1) is 0 Å². The first-order chi connectivity index (χ1) is 10.2. The molecule has 3 rings (SSSR count). The highest BCUT2D eigenvalue weighted by molar-refractivity contribution is 5.80. The van der Waals surface area contributed by atoms with Gasteiger partial charge in [-0.3, -0.25) is 4.79 Å². The third-order valence-corrected chi connectivity index (χ3v) is 6.12. The summed E-state index contributed by atoms with van der Waals surface area (Å²) in [5.41, 5.74) is 0. The smallest absolute Gasteiger partial charge is 0.226 e. The number of hydrogen-bond acceptors (Lipinski definition) is 2. The molecule has 0 aromatic rings. The largest absolute Gasteiger partial charge is 0.393 e. The van der Waals surface area contributed by atoms with Crippen LogP contribution >= 0.6 is 0 Å². The molecule has 0 aromatic heterocycles. The summed E-state index contributed by atoms with van der Waals surface area (Å²) < 4.78 is 0. The zero-order valence-electron chi connectivity index (χ0n) is 13.5. The molecule has 3 fully saturated rings. The van der Waals surface area contributed by atoms with Crippen molar-refractivity contribution < 1.29 is 9.90 Å². The third kappa shape index (κ3) is 3.28. The highest BCUT2D eigenvalue weighted by Crippen LogP contribution is 2.40. The first-order valence-corrected chi connectivity index (χ1v) is 9.19. The van der Waals surface area contributed by atoms with E-state index in [-0.39, 0.29) is 12.0 Å². The minimum atomic E-state index is -0.170. The molecule has 1 amide bonds. The molecule has 0 radical (unpaired) electrons. The summed E-state index contributed by atoms with van der Waals surface area (Å²) in [7, 11) is 0. The molecule has 1 saturated carbocycles. The second-order valence-electron chi connectivity index (χ2n) is 7.62. The summed E-state index contributed by atoms with van der Waals surface area (Å²) >= 11 is 0. The molecule has 2 atom stereocenters. The summed E-state index contributed by atoms with van der Waals surface area (Å²) in [4.78, 5) is 15.1. The predicted octanol–water partition coefficient (Wildman–Crippen LogP) is 3.50. The van der Waals surface area contributed by atoms with Crippen LogP contribution < -0.4 is 0 Å². The maximum absolute atomic E-state index is 12.9. The van der Waals surface area contributed by atoms with Crippen LogP contribution in [0, 0.1) is 11.8 Å². The lowest BCUT2D eigenvalue weighted by Crippen LogP contribution is -2.50. The maximum Gasteiger partial charge on any atom is 0.226 e. The Balaban J connectivity index is 1.53. The van der Waals surface area contributed by atoms with E-state index in [1.165, 1.54) is 32.1 Å². The van der Waals surface area contributed by atoms with Gasteiger partial charge in [-0.1, -0.05) is 26.2 Å². The van der Waals surface area contributed by atoms with Crippen molar-refractivity contribution in [2.75, 3.05) is 0 Å². The van der Waals surface area contributed by atoms with Crippen LogP contribution in [0.1, 0.15) is 77.6 Å². The summed E-state index contributed by atoms with van der Waals surface area (Å²) in [5, 5.41) is 9.88. The first kappa shape index (κ1) is 15.3. The van der Waals surface area contributed by atoms with Crippen LogP contribution in [-0.2, 0) is 4.79 Å². The lowest BCUT2D eigenvalue weighted by molar-refractivity contribution is -0.143. The van der Waals surface area contributed by atoms with Crippen LogP contribution in [0.4, 0.5) is 0 Å². The fourth-order valence-corrected chi connectivity index (χ4v) is 4.91. The van der Waals surface area contributed by atoms with Crippen molar-refractivity contribution in [1.29, 1.82) is 0 Å². The average Bonchev–Trinajstić information content (AvgIpc) is 2.77. The molecule has 1 N–H and O–H groups in total. The van der Waals surface area contributed by atoms with Crippen LogP contribution in [0.15, 0.2) is 0 Å². The summed E-state index contributed by atoms with van der Waals surface area (Å²) in [6.45, 7) is 2.26. The Hall–Kier alpha value is -0.570. The Kier molecular flexibility index (Phi) is 4.88. The molecule has 3 heteroatoms. The van der Waals surface area contributed by atoms with Gasteiger partial charge in [0, 0.05) is 18.0 Å². The van der Waals surface area contributed by atoms with E-state index in [1.54, 1.807) is 0 Å². The fraction of sp³-hybridized carbons (Fsp3) is 0.944. The van der Waals surface area contributed by atoms with Crippen molar-refractivity contribution >= 4 is 5.91 Å². The molecule has 2 bridgehead atoms. The van der Waals surface area contributed by atoms with E-state index >= 15 is 0 Å². The molecule has 1 aliphatic carbocycles. The molecule has 2 heterocycles. The topological polar surface area (TPSA) is 40.5 Å². The van der Waals surface area contributed by atoms with Gasteiger partial charge in [0.1, 0.15) is 0 Å². The van der Waals surface area contributed by atoms with E-state index in [1.807, 2.05) is 0 Å². The maximum atomic E-state index is 12.9. The molecule has 2 aliphatic heterocycles. The monoisotopic (exact) mass is 293 g/mol. The van der Waals surface area contributed by atoms with Gasteiger partial charge in [0.05, 0.1) is 6.10 Å². The standard InChI is InChI=1S/C18H31NO2/c1-2-3-4-13-5-7-14(8-6-13)18(21)19-15-9-10-16(19)12-17(20)11-15/h13-17,20H,2-12H2,1H3. The Labute approximate surface area is 129 Å². The van der Waals surface area contributed by atoms with Crippen molar-refractivity contribution in [3.05, 3.63) is 0 Å². The van der Waals surface area contributed by atoms with Gasteiger partial charge >= 0.3 is 0 Å². The number of fused-ring (bicyclic) bond motifs is 2. The first-order valence-electron chi connectivity index (χ1n) is 9.19. The Morgan fingerprint density at radius 2 is 1.67 bits per heavy atom. The SMILES string of the molecule is CCCCC1CCC(C(=O)N2C3CCC2CC(O)C3)CC1. The molecule has 3 nitrogen and oxygen atoms in total. The van der Waals surface area contributed by atoms with Gasteiger partial charge in [-0.05, 0) is 57.3 Å². The number of carbonyl (C=O) groups is 1. The lowest BCUT2D eigenvalue weighted by Gasteiger charge is -2.40. The second kappa shape index (κ2) is 6.68. The van der Waals surface area contributed by atoms with Gasteiger partial charge < -0.3 is 10.0 Å². The van der Waals surface area contributed by atoms with E-state index < -0.39 is 0 Å². The van der Waals surface area contributed by atoms with E-state index in [9.17, 15) is 9.90 Å². The highest BCUT2D eigenvalue weighted by atomic mass is 16.3. The van der Waals surface area contributed by atoms with Gasteiger partial charge in [0.25, 0.3) is 0 Å². The number of amides is 1.